The largest absolute Gasteiger partial charge is 0.480 e. The predicted molar refractivity (Wildman–Crippen MR) is 104 cm³/mol. The van der Waals surface area contributed by atoms with Crippen LogP contribution in [-0.4, -0.2) is 39.1 Å². The second kappa shape index (κ2) is 8.14. The monoisotopic (exact) mass is 403 g/mol. The fourth-order valence-electron chi connectivity index (χ4n) is 2.48. The third-order valence-corrected chi connectivity index (χ3v) is 5.06. The topological polar surface area (TPSA) is 101 Å². The Hall–Kier alpha value is -2.67. The first kappa shape index (κ1) is 20.1. The molecule has 8 heteroatoms. The van der Waals surface area contributed by atoms with E-state index in [1.54, 1.807) is 31.2 Å². The minimum atomic E-state index is -1.39. The molecule has 148 valence electrons. The average Bonchev–Trinajstić information content (AvgIpc) is 3.51. The highest BCUT2D eigenvalue weighted by Gasteiger charge is 2.33. The highest BCUT2D eigenvalue weighted by Crippen LogP contribution is 2.32. The molecule has 0 aliphatic heterocycles. The van der Waals surface area contributed by atoms with Crippen LogP contribution in [0.15, 0.2) is 30.5 Å². The van der Waals surface area contributed by atoms with E-state index in [4.69, 9.17) is 16.3 Å². The molecule has 1 aliphatic carbocycles. The van der Waals surface area contributed by atoms with E-state index in [1.807, 2.05) is 0 Å². The number of rotatable bonds is 8. The molecular weight excluding hydrogens is 382 g/mol. The molecule has 28 heavy (non-hydrogen) atoms. The smallest absolute Gasteiger partial charge is 0.329 e. The zero-order chi connectivity index (χ0) is 20.3. The summed E-state index contributed by atoms with van der Waals surface area (Å²) in [7, 11) is 0. The molecule has 2 aromatic rings. The van der Waals surface area contributed by atoms with E-state index in [9.17, 15) is 14.7 Å². The van der Waals surface area contributed by atoms with Gasteiger partial charge in [0, 0.05) is 10.6 Å². The summed E-state index contributed by atoms with van der Waals surface area (Å²) in [4.78, 5) is 32.8. The molecule has 1 heterocycles. The lowest BCUT2D eigenvalue weighted by molar-refractivity contribution is -0.143. The van der Waals surface area contributed by atoms with Crippen LogP contribution < -0.4 is 10.1 Å². The van der Waals surface area contributed by atoms with Gasteiger partial charge in [-0.15, -0.1) is 0 Å². The van der Waals surface area contributed by atoms with Gasteiger partial charge >= 0.3 is 5.97 Å². The molecule has 1 unspecified atom stereocenters. The molecule has 1 fully saturated rings. The molecule has 1 saturated carbocycles. The number of nitrogens with zero attached hydrogens (tertiary/aromatic N) is 2. The Morgan fingerprint density at radius 3 is 2.57 bits per heavy atom. The Morgan fingerprint density at radius 2 is 2.00 bits per heavy atom. The quantitative estimate of drug-likeness (QED) is 0.698. The van der Waals surface area contributed by atoms with Gasteiger partial charge in [-0.3, -0.25) is 4.79 Å². The van der Waals surface area contributed by atoms with Crippen LogP contribution in [-0.2, 0) is 4.79 Å². The summed E-state index contributed by atoms with van der Waals surface area (Å²) in [5.74, 6) is -0.854. The van der Waals surface area contributed by atoms with Crippen molar-refractivity contribution in [1.82, 2.24) is 15.3 Å². The molecule has 3 rings (SSSR count). The predicted octanol–water partition coefficient (Wildman–Crippen LogP) is 3.57. The Bertz CT molecular complexity index is 884. The van der Waals surface area contributed by atoms with Crippen LogP contribution in [0.3, 0.4) is 0 Å². The van der Waals surface area contributed by atoms with Gasteiger partial charge in [-0.1, -0.05) is 30.7 Å². The lowest BCUT2D eigenvalue weighted by Crippen LogP contribution is -2.51. The second-order valence-electron chi connectivity index (χ2n) is 7.12. The number of carboxylic acids is 1. The summed E-state index contributed by atoms with van der Waals surface area (Å²) in [6.45, 7) is 3.69. The molecule has 1 atom stereocenters. The molecule has 1 amide bonds. The Morgan fingerprint density at radius 1 is 1.32 bits per heavy atom. The summed E-state index contributed by atoms with van der Waals surface area (Å²) < 4.78 is 5.81. The van der Waals surface area contributed by atoms with Gasteiger partial charge in [0.2, 0.25) is 5.88 Å². The molecule has 1 aromatic heterocycles. The summed E-state index contributed by atoms with van der Waals surface area (Å²) in [5, 5.41) is 12.5. The van der Waals surface area contributed by atoms with Crippen molar-refractivity contribution < 1.29 is 19.4 Å². The van der Waals surface area contributed by atoms with Gasteiger partial charge in [-0.05, 0) is 44.2 Å². The summed E-state index contributed by atoms with van der Waals surface area (Å²) in [5.41, 5.74) is -0.252. The van der Waals surface area contributed by atoms with E-state index in [2.05, 4.69) is 15.3 Å². The molecular formula is C20H22ClN3O4. The number of ether oxygens (including phenoxy) is 1. The molecule has 1 aliphatic rings. The van der Waals surface area contributed by atoms with Crippen molar-refractivity contribution in [3.8, 4) is 17.1 Å². The molecule has 7 nitrogen and oxygen atoms in total. The van der Waals surface area contributed by atoms with Gasteiger partial charge in [0.1, 0.15) is 16.9 Å². The lowest BCUT2D eigenvalue weighted by Gasteiger charge is -2.24. The van der Waals surface area contributed by atoms with Crippen LogP contribution in [0.25, 0.3) is 11.3 Å². The van der Waals surface area contributed by atoms with E-state index in [-0.39, 0.29) is 12.1 Å². The zero-order valence-electron chi connectivity index (χ0n) is 15.7. The van der Waals surface area contributed by atoms with Crippen molar-refractivity contribution in [1.29, 1.82) is 0 Å². The fraction of sp³-hybridized carbons (Fsp3) is 0.400. The second-order valence-corrected chi connectivity index (χ2v) is 7.55. The van der Waals surface area contributed by atoms with Crippen molar-refractivity contribution in [3.63, 3.8) is 0 Å². The van der Waals surface area contributed by atoms with Crippen LogP contribution in [0, 0.1) is 5.92 Å². The number of carboxylic acid groups (broad SMARTS) is 1. The number of aromatic nitrogens is 2. The van der Waals surface area contributed by atoms with Gasteiger partial charge in [-0.2, -0.15) is 0 Å². The van der Waals surface area contributed by atoms with E-state index in [1.165, 1.54) is 13.1 Å². The highest BCUT2D eigenvalue weighted by molar-refractivity contribution is 6.30. The number of benzene rings is 1. The maximum Gasteiger partial charge on any atom is 0.329 e. The highest BCUT2D eigenvalue weighted by atomic mass is 35.5. The first-order valence-corrected chi connectivity index (χ1v) is 9.52. The Balaban J connectivity index is 1.91. The van der Waals surface area contributed by atoms with Crippen LogP contribution in [0.5, 0.6) is 5.88 Å². The van der Waals surface area contributed by atoms with Crippen molar-refractivity contribution in [2.75, 3.05) is 6.61 Å². The molecule has 0 saturated heterocycles. The van der Waals surface area contributed by atoms with Crippen LogP contribution in [0.2, 0.25) is 5.02 Å². The van der Waals surface area contributed by atoms with E-state index >= 15 is 0 Å². The summed E-state index contributed by atoms with van der Waals surface area (Å²) in [6.07, 6.45) is 3.80. The van der Waals surface area contributed by atoms with E-state index in [0.29, 0.717) is 34.7 Å². The standard InChI is InChI=1S/C20H22ClN3O4/c1-3-20(2,19(26)27)24-17(25)15-10-22-18(28-11-12-4-5-12)16(23-15)13-6-8-14(21)9-7-13/h6-10,12H,3-5,11H2,1-2H3,(H,24,25)(H,26,27). The Kier molecular flexibility index (Phi) is 5.84. The van der Waals surface area contributed by atoms with Crippen LogP contribution in [0.4, 0.5) is 0 Å². The van der Waals surface area contributed by atoms with E-state index < -0.39 is 17.4 Å². The van der Waals surface area contributed by atoms with Gasteiger partial charge in [0.05, 0.1) is 12.8 Å². The number of nitrogens with one attached hydrogen (secondary N) is 1. The first-order valence-electron chi connectivity index (χ1n) is 9.14. The normalized spacial score (nSPS) is 15.5. The lowest BCUT2D eigenvalue weighted by atomic mass is 9.99. The number of carbonyl (C=O) groups is 2. The van der Waals surface area contributed by atoms with Gasteiger partial charge in [0.15, 0.2) is 0 Å². The maximum atomic E-state index is 12.6. The first-order chi connectivity index (χ1) is 13.3. The molecule has 0 spiro atoms. The third kappa shape index (κ3) is 4.59. The van der Waals surface area contributed by atoms with Gasteiger partial charge < -0.3 is 15.2 Å². The molecule has 2 N–H and O–H groups in total. The minimum absolute atomic E-state index is 0.0182. The SMILES string of the molecule is CCC(C)(NC(=O)c1cnc(OCC2CC2)c(-c2ccc(Cl)cc2)n1)C(=O)O. The molecule has 1 aromatic carbocycles. The number of hydrogen-bond donors (Lipinski definition) is 2. The molecule has 0 bridgehead atoms. The Labute approximate surface area is 168 Å². The van der Waals surface area contributed by atoms with Crippen molar-refractivity contribution >= 4 is 23.5 Å². The third-order valence-electron chi connectivity index (χ3n) is 4.81. The summed E-state index contributed by atoms with van der Waals surface area (Å²) >= 11 is 5.96. The number of aliphatic carboxylic acids is 1. The van der Waals surface area contributed by atoms with E-state index in [0.717, 1.165) is 12.8 Å². The number of halogens is 1. The number of carbonyl (C=O) groups excluding carboxylic acids is 1. The average molecular weight is 404 g/mol. The summed E-state index contributed by atoms with van der Waals surface area (Å²) in [6, 6.07) is 6.97. The van der Waals surface area contributed by atoms with Crippen molar-refractivity contribution in [3.05, 3.63) is 41.2 Å². The number of amides is 1. The zero-order valence-corrected chi connectivity index (χ0v) is 16.5. The number of hydrogen-bond acceptors (Lipinski definition) is 5. The van der Waals surface area contributed by atoms with Crippen LogP contribution >= 0.6 is 11.6 Å². The fourth-order valence-corrected chi connectivity index (χ4v) is 2.60. The molecule has 0 radical (unpaired) electrons. The van der Waals surface area contributed by atoms with Crippen LogP contribution in [0.1, 0.15) is 43.6 Å². The van der Waals surface area contributed by atoms with Gasteiger partial charge in [-0.25, -0.2) is 14.8 Å². The van der Waals surface area contributed by atoms with Gasteiger partial charge in [0.25, 0.3) is 5.91 Å². The minimum Gasteiger partial charge on any atom is -0.480 e. The maximum absolute atomic E-state index is 12.6. The van der Waals surface area contributed by atoms with Crippen molar-refractivity contribution in [2.24, 2.45) is 5.92 Å². The van der Waals surface area contributed by atoms with Crippen molar-refractivity contribution in [2.45, 2.75) is 38.6 Å².